The van der Waals surface area contributed by atoms with Crippen LogP contribution in [0.3, 0.4) is 0 Å². The van der Waals surface area contributed by atoms with Gasteiger partial charge in [0.25, 0.3) is 0 Å². The molecule has 22 heavy (non-hydrogen) atoms. The molecule has 0 radical (unpaired) electrons. The molecule has 0 atom stereocenters. The number of anilines is 1. The van der Waals surface area contributed by atoms with Crippen molar-refractivity contribution in [1.82, 2.24) is 0 Å². The van der Waals surface area contributed by atoms with Crippen LogP contribution in [0.15, 0.2) is 30.3 Å². The highest BCUT2D eigenvalue weighted by Crippen LogP contribution is 2.40. The van der Waals surface area contributed by atoms with E-state index in [9.17, 15) is 13.2 Å². The van der Waals surface area contributed by atoms with E-state index in [1.807, 2.05) is 0 Å². The zero-order chi connectivity index (χ0) is 15.8. The van der Waals surface area contributed by atoms with Crippen LogP contribution in [-0.2, 0) is 6.18 Å². The molecule has 0 bridgehead atoms. The Balaban J connectivity index is 0.00000242. The largest absolute Gasteiger partial charge is 0.457 e. The second-order valence-electron chi connectivity index (χ2n) is 4.73. The maximum Gasteiger partial charge on any atom is 0.420 e. The Labute approximate surface area is 137 Å². The molecule has 2 N–H and O–H groups in total. The number of nitrogens with two attached hydrogens (primary N) is 1. The zero-order valence-electron chi connectivity index (χ0n) is 11.8. The van der Waals surface area contributed by atoms with E-state index in [2.05, 4.69) is 0 Å². The van der Waals surface area contributed by atoms with Crippen LogP contribution in [0.25, 0.3) is 0 Å². The van der Waals surface area contributed by atoms with Crippen molar-refractivity contribution in [3.8, 4) is 11.5 Å². The van der Waals surface area contributed by atoms with Gasteiger partial charge in [0.15, 0.2) is 0 Å². The topological polar surface area (TPSA) is 35.2 Å². The number of hydrogen-bond acceptors (Lipinski definition) is 2. The van der Waals surface area contributed by atoms with E-state index in [0.717, 1.165) is 17.2 Å². The number of aryl methyl sites for hydroxylation is 2. The quantitative estimate of drug-likeness (QED) is 0.696. The van der Waals surface area contributed by atoms with Crippen molar-refractivity contribution in [2.75, 3.05) is 5.73 Å². The predicted molar refractivity (Wildman–Crippen MR) is 84.1 cm³/mol. The highest BCUT2D eigenvalue weighted by atomic mass is 35.5. The minimum absolute atomic E-state index is 0. The fourth-order valence-corrected chi connectivity index (χ4v) is 2.06. The Kier molecular flexibility index (Phi) is 5.59. The Morgan fingerprint density at radius 3 is 2.09 bits per heavy atom. The standard InChI is InChI=1S/C15H13ClF3NO.ClH/c1-8-5-11(6-9(2)14(8)16)21-13-4-3-10(20)7-12(13)15(17,18)19;/h3-7H,20H2,1-2H3;1H. The summed E-state index contributed by atoms with van der Waals surface area (Å²) in [6.07, 6.45) is -4.54. The molecule has 0 aliphatic carbocycles. The van der Waals surface area contributed by atoms with Crippen LogP contribution in [0.5, 0.6) is 11.5 Å². The van der Waals surface area contributed by atoms with Gasteiger partial charge in [-0.25, -0.2) is 0 Å². The van der Waals surface area contributed by atoms with Gasteiger partial charge in [-0.15, -0.1) is 12.4 Å². The first kappa shape index (κ1) is 18.5. The summed E-state index contributed by atoms with van der Waals surface area (Å²) >= 11 is 6.03. The Morgan fingerprint density at radius 1 is 1.05 bits per heavy atom. The van der Waals surface area contributed by atoms with E-state index >= 15 is 0 Å². The van der Waals surface area contributed by atoms with E-state index in [0.29, 0.717) is 10.8 Å². The van der Waals surface area contributed by atoms with E-state index in [4.69, 9.17) is 22.1 Å². The molecule has 0 spiro atoms. The summed E-state index contributed by atoms with van der Waals surface area (Å²) in [7, 11) is 0. The second kappa shape index (κ2) is 6.67. The molecule has 0 saturated heterocycles. The highest BCUT2D eigenvalue weighted by molar-refractivity contribution is 6.32. The highest BCUT2D eigenvalue weighted by Gasteiger charge is 2.34. The smallest absolute Gasteiger partial charge is 0.420 e. The van der Waals surface area contributed by atoms with E-state index < -0.39 is 11.7 Å². The summed E-state index contributed by atoms with van der Waals surface area (Å²) in [5.41, 5.74) is 5.99. The lowest BCUT2D eigenvalue weighted by molar-refractivity contribution is -0.138. The normalized spacial score (nSPS) is 11.0. The van der Waals surface area contributed by atoms with Gasteiger partial charge in [-0.1, -0.05) is 11.6 Å². The molecule has 2 aromatic rings. The molecular formula is C15H14Cl2F3NO. The summed E-state index contributed by atoms with van der Waals surface area (Å²) < 4.78 is 44.4. The maximum absolute atomic E-state index is 13.0. The van der Waals surface area contributed by atoms with Crippen molar-refractivity contribution in [3.63, 3.8) is 0 Å². The van der Waals surface area contributed by atoms with Crippen LogP contribution in [0, 0.1) is 13.8 Å². The van der Waals surface area contributed by atoms with Gasteiger partial charge in [0.1, 0.15) is 17.1 Å². The molecule has 0 aliphatic heterocycles. The monoisotopic (exact) mass is 351 g/mol. The third-order valence-electron chi connectivity index (χ3n) is 2.95. The third-order valence-corrected chi connectivity index (χ3v) is 3.54. The minimum Gasteiger partial charge on any atom is -0.457 e. The van der Waals surface area contributed by atoms with Crippen LogP contribution in [-0.4, -0.2) is 0 Å². The van der Waals surface area contributed by atoms with Gasteiger partial charge in [-0.05, 0) is 55.3 Å². The number of alkyl halides is 3. The molecule has 0 amide bonds. The lowest BCUT2D eigenvalue weighted by atomic mass is 10.1. The van der Waals surface area contributed by atoms with Gasteiger partial charge in [0, 0.05) is 10.7 Å². The van der Waals surface area contributed by atoms with Gasteiger partial charge in [-0.2, -0.15) is 13.2 Å². The zero-order valence-corrected chi connectivity index (χ0v) is 13.4. The lowest BCUT2D eigenvalue weighted by Crippen LogP contribution is -2.08. The average molecular weight is 352 g/mol. The van der Waals surface area contributed by atoms with Crippen molar-refractivity contribution in [1.29, 1.82) is 0 Å². The summed E-state index contributed by atoms with van der Waals surface area (Å²) in [5.74, 6) is 0.00231. The van der Waals surface area contributed by atoms with Crippen LogP contribution in [0.1, 0.15) is 16.7 Å². The predicted octanol–water partition coefficient (Wildman–Crippen LogP) is 5.77. The van der Waals surface area contributed by atoms with Gasteiger partial charge < -0.3 is 10.5 Å². The van der Waals surface area contributed by atoms with Crippen LogP contribution < -0.4 is 10.5 Å². The molecule has 0 aromatic heterocycles. The van der Waals surface area contributed by atoms with Crippen LogP contribution >= 0.6 is 24.0 Å². The van der Waals surface area contributed by atoms with Crippen molar-refractivity contribution < 1.29 is 17.9 Å². The van der Waals surface area contributed by atoms with Crippen molar-refractivity contribution in [2.24, 2.45) is 0 Å². The maximum atomic E-state index is 13.0. The average Bonchev–Trinajstić information content (AvgIpc) is 2.37. The summed E-state index contributed by atoms with van der Waals surface area (Å²) in [6, 6.07) is 6.60. The molecule has 0 fully saturated rings. The van der Waals surface area contributed by atoms with Crippen LogP contribution in [0.2, 0.25) is 5.02 Å². The molecule has 0 unspecified atom stereocenters. The summed E-state index contributed by atoms with van der Waals surface area (Å²) in [5, 5.41) is 0.565. The fourth-order valence-electron chi connectivity index (χ4n) is 1.95. The Morgan fingerprint density at radius 2 is 1.59 bits per heavy atom. The van der Waals surface area contributed by atoms with E-state index in [1.54, 1.807) is 26.0 Å². The fraction of sp³-hybridized carbons (Fsp3) is 0.200. The van der Waals surface area contributed by atoms with Gasteiger partial charge in [-0.3, -0.25) is 0 Å². The van der Waals surface area contributed by atoms with E-state index in [-0.39, 0.29) is 23.8 Å². The van der Waals surface area contributed by atoms with E-state index in [1.165, 1.54) is 12.1 Å². The second-order valence-corrected chi connectivity index (χ2v) is 5.10. The molecule has 0 saturated carbocycles. The number of hydrogen-bond donors (Lipinski definition) is 1. The summed E-state index contributed by atoms with van der Waals surface area (Å²) in [6.45, 7) is 3.52. The van der Waals surface area contributed by atoms with Crippen molar-refractivity contribution in [3.05, 3.63) is 52.0 Å². The van der Waals surface area contributed by atoms with Gasteiger partial charge in [0.05, 0.1) is 0 Å². The number of benzene rings is 2. The molecule has 120 valence electrons. The van der Waals surface area contributed by atoms with Crippen molar-refractivity contribution in [2.45, 2.75) is 20.0 Å². The summed E-state index contributed by atoms with van der Waals surface area (Å²) in [4.78, 5) is 0. The molecule has 7 heteroatoms. The molecule has 2 rings (SSSR count). The first-order valence-electron chi connectivity index (χ1n) is 6.10. The number of halogens is 5. The Hall–Kier alpha value is -1.59. The molecular weight excluding hydrogens is 338 g/mol. The molecule has 0 heterocycles. The first-order chi connectivity index (χ1) is 9.68. The van der Waals surface area contributed by atoms with Crippen LogP contribution in [0.4, 0.5) is 18.9 Å². The molecule has 2 nitrogen and oxygen atoms in total. The number of rotatable bonds is 2. The first-order valence-corrected chi connectivity index (χ1v) is 6.47. The lowest BCUT2D eigenvalue weighted by Gasteiger charge is -2.15. The van der Waals surface area contributed by atoms with Crippen molar-refractivity contribution >= 4 is 29.7 Å². The molecule has 0 aliphatic rings. The number of ether oxygens (including phenoxy) is 1. The minimum atomic E-state index is -4.54. The third kappa shape index (κ3) is 3.99. The number of nitrogen functional groups attached to an aromatic ring is 1. The Bertz CT molecular complexity index is 664. The SMILES string of the molecule is Cc1cc(Oc2ccc(N)cc2C(F)(F)F)cc(C)c1Cl.Cl. The van der Waals surface area contributed by atoms with Gasteiger partial charge in [0.2, 0.25) is 0 Å². The van der Waals surface area contributed by atoms with Gasteiger partial charge >= 0.3 is 6.18 Å². The molecule has 2 aromatic carbocycles.